The first kappa shape index (κ1) is 23.2. The van der Waals surface area contributed by atoms with Gasteiger partial charge in [-0.2, -0.15) is 12.9 Å². The molecular formula is C18H26Cl2FN3O3S. The number of rotatable bonds is 5. The highest BCUT2D eigenvalue weighted by molar-refractivity contribution is 7.86. The Morgan fingerprint density at radius 1 is 1.36 bits per heavy atom. The van der Waals surface area contributed by atoms with Gasteiger partial charge < -0.3 is 10.1 Å². The molecular weight excluding hydrogens is 428 g/mol. The Kier molecular flexibility index (Phi) is 7.23. The molecule has 0 spiro atoms. The smallest absolute Gasteiger partial charge is 0.407 e. The summed E-state index contributed by atoms with van der Waals surface area (Å²) in [6, 6.07) is 2.92. The van der Waals surface area contributed by atoms with Gasteiger partial charge in [-0.15, -0.1) is 3.89 Å². The largest absolute Gasteiger partial charge is 0.444 e. The van der Waals surface area contributed by atoms with Crippen molar-refractivity contribution in [1.29, 1.82) is 0 Å². The maximum atomic E-state index is 14.6. The molecule has 0 aliphatic carbocycles. The Bertz CT molecular complexity index is 835. The van der Waals surface area contributed by atoms with E-state index in [0.717, 1.165) is 9.87 Å². The topological polar surface area (TPSA) is 71.0 Å². The van der Waals surface area contributed by atoms with Gasteiger partial charge in [0, 0.05) is 35.6 Å². The number of alkyl carbamates (subject to hydrolysis) is 1. The number of nitrogens with zero attached hydrogens (tertiary/aromatic N) is 2. The van der Waals surface area contributed by atoms with Crippen LogP contribution in [0.4, 0.5) is 14.4 Å². The van der Waals surface area contributed by atoms with E-state index in [0.29, 0.717) is 16.6 Å². The SMILES string of the molecule is CC(C)c1c(Cl)cc(N=S(=O)(F)N2CC(CNC(=O)OC(C)(C)C)C2)cc1Cl. The van der Waals surface area contributed by atoms with Gasteiger partial charge >= 0.3 is 6.09 Å². The quantitative estimate of drug-likeness (QED) is 0.600. The molecule has 1 unspecified atom stereocenters. The van der Waals surface area contributed by atoms with E-state index >= 15 is 0 Å². The van der Waals surface area contributed by atoms with Crippen LogP contribution in [0.3, 0.4) is 0 Å². The number of benzene rings is 1. The maximum Gasteiger partial charge on any atom is 0.407 e. The summed E-state index contributed by atoms with van der Waals surface area (Å²) in [6.45, 7) is 9.90. The Labute approximate surface area is 176 Å². The van der Waals surface area contributed by atoms with Crippen LogP contribution < -0.4 is 5.32 Å². The first-order valence-corrected chi connectivity index (χ1v) is 11.1. The third-order valence-corrected chi connectivity index (χ3v) is 6.03. The molecule has 1 aromatic carbocycles. The molecule has 1 fully saturated rings. The number of ether oxygens (including phenoxy) is 1. The molecule has 10 heteroatoms. The van der Waals surface area contributed by atoms with Crippen molar-refractivity contribution in [2.75, 3.05) is 19.6 Å². The van der Waals surface area contributed by atoms with Crippen molar-refractivity contribution < 1.29 is 17.6 Å². The monoisotopic (exact) mass is 453 g/mol. The Morgan fingerprint density at radius 2 is 1.89 bits per heavy atom. The maximum absolute atomic E-state index is 14.6. The summed E-state index contributed by atoms with van der Waals surface area (Å²) < 4.78 is 37.0. The van der Waals surface area contributed by atoms with Gasteiger partial charge in [-0.25, -0.2) is 4.79 Å². The molecule has 1 saturated heterocycles. The van der Waals surface area contributed by atoms with Gasteiger partial charge in [0.1, 0.15) is 5.60 Å². The average Bonchev–Trinajstić information content (AvgIpc) is 2.41. The number of nitrogens with one attached hydrogen (secondary N) is 1. The van der Waals surface area contributed by atoms with Crippen LogP contribution in [0.15, 0.2) is 16.5 Å². The molecule has 0 aromatic heterocycles. The molecule has 1 aliphatic heterocycles. The van der Waals surface area contributed by atoms with Gasteiger partial charge in [0.2, 0.25) is 0 Å². The van der Waals surface area contributed by atoms with Crippen molar-refractivity contribution in [3.05, 3.63) is 27.7 Å². The molecule has 1 heterocycles. The molecule has 158 valence electrons. The summed E-state index contributed by atoms with van der Waals surface area (Å²) in [4.78, 5) is 11.6. The van der Waals surface area contributed by atoms with Crippen LogP contribution in [-0.2, 0) is 15.0 Å². The van der Waals surface area contributed by atoms with E-state index in [9.17, 15) is 12.9 Å². The molecule has 2 rings (SSSR count). The first-order valence-electron chi connectivity index (χ1n) is 8.96. The molecule has 1 amide bonds. The fourth-order valence-electron chi connectivity index (χ4n) is 2.74. The lowest BCUT2D eigenvalue weighted by atomic mass is 10.0. The van der Waals surface area contributed by atoms with Crippen LogP contribution in [0.25, 0.3) is 0 Å². The number of hydrogen-bond donors (Lipinski definition) is 1. The summed E-state index contributed by atoms with van der Waals surface area (Å²) in [5, 5.41) is 3.35. The van der Waals surface area contributed by atoms with Crippen molar-refractivity contribution in [2.45, 2.75) is 46.1 Å². The molecule has 1 N–H and O–H groups in total. The van der Waals surface area contributed by atoms with Gasteiger partial charge in [-0.1, -0.05) is 37.0 Å². The number of amides is 1. The minimum atomic E-state index is -4.10. The summed E-state index contributed by atoms with van der Waals surface area (Å²) in [6.07, 6.45) is -0.536. The van der Waals surface area contributed by atoms with Crippen LogP contribution in [0.1, 0.15) is 46.1 Å². The predicted molar refractivity (Wildman–Crippen MR) is 111 cm³/mol. The molecule has 1 atom stereocenters. The first-order chi connectivity index (χ1) is 12.8. The number of carbonyl (C=O) groups is 1. The van der Waals surface area contributed by atoms with E-state index < -0.39 is 22.0 Å². The van der Waals surface area contributed by atoms with Crippen LogP contribution in [0.5, 0.6) is 0 Å². The number of carbonyl (C=O) groups excluding carboxylic acids is 1. The number of halogens is 3. The second kappa shape index (κ2) is 8.73. The van der Waals surface area contributed by atoms with Gasteiger partial charge in [-0.05, 0) is 44.4 Å². The highest BCUT2D eigenvalue weighted by atomic mass is 35.5. The third-order valence-electron chi connectivity index (χ3n) is 4.04. The molecule has 0 saturated carbocycles. The predicted octanol–water partition coefficient (Wildman–Crippen LogP) is 5.47. The van der Waals surface area contributed by atoms with Gasteiger partial charge in [0.15, 0.2) is 0 Å². The lowest BCUT2D eigenvalue weighted by Gasteiger charge is -2.37. The average molecular weight is 454 g/mol. The Hall–Kier alpha value is -1.09. The zero-order chi connectivity index (χ0) is 21.3. The zero-order valence-corrected chi connectivity index (χ0v) is 18.9. The van der Waals surface area contributed by atoms with Crippen molar-refractivity contribution >= 4 is 45.3 Å². The van der Waals surface area contributed by atoms with E-state index in [4.69, 9.17) is 27.9 Å². The van der Waals surface area contributed by atoms with Crippen molar-refractivity contribution in [2.24, 2.45) is 10.3 Å². The van der Waals surface area contributed by atoms with Crippen LogP contribution in [-0.4, -0.2) is 39.8 Å². The zero-order valence-electron chi connectivity index (χ0n) is 16.6. The lowest BCUT2D eigenvalue weighted by molar-refractivity contribution is 0.0502. The third kappa shape index (κ3) is 6.20. The fraction of sp³-hybridized carbons (Fsp3) is 0.611. The summed E-state index contributed by atoms with van der Waals surface area (Å²) in [5.41, 5.74) is 0.280. The summed E-state index contributed by atoms with van der Waals surface area (Å²) in [7, 11) is -4.10. The number of hydrogen-bond acceptors (Lipinski definition) is 4. The second-order valence-electron chi connectivity index (χ2n) is 8.10. The second-order valence-corrected chi connectivity index (χ2v) is 10.5. The minimum Gasteiger partial charge on any atom is -0.444 e. The van der Waals surface area contributed by atoms with Crippen molar-refractivity contribution in [3.63, 3.8) is 0 Å². The highest BCUT2D eigenvalue weighted by Crippen LogP contribution is 2.36. The molecule has 0 bridgehead atoms. The van der Waals surface area contributed by atoms with E-state index in [2.05, 4.69) is 9.68 Å². The summed E-state index contributed by atoms with van der Waals surface area (Å²) in [5.74, 6) is 0.0622. The van der Waals surface area contributed by atoms with Gasteiger partial charge in [0.25, 0.3) is 10.3 Å². The van der Waals surface area contributed by atoms with E-state index in [-0.39, 0.29) is 30.6 Å². The molecule has 6 nitrogen and oxygen atoms in total. The van der Waals surface area contributed by atoms with Crippen LogP contribution in [0.2, 0.25) is 10.0 Å². The van der Waals surface area contributed by atoms with Crippen molar-refractivity contribution in [1.82, 2.24) is 9.62 Å². The molecule has 0 radical (unpaired) electrons. The normalized spacial score (nSPS) is 17.8. The van der Waals surface area contributed by atoms with Crippen LogP contribution >= 0.6 is 23.2 Å². The minimum absolute atomic E-state index is 0.0326. The summed E-state index contributed by atoms with van der Waals surface area (Å²) >= 11 is 12.4. The van der Waals surface area contributed by atoms with Gasteiger partial charge in [0.05, 0.1) is 5.69 Å². The Morgan fingerprint density at radius 3 is 2.36 bits per heavy atom. The Balaban J connectivity index is 1.98. The van der Waals surface area contributed by atoms with E-state index in [1.165, 1.54) is 12.1 Å². The van der Waals surface area contributed by atoms with Crippen LogP contribution in [0, 0.1) is 5.92 Å². The fourth-order valence-corrected chi connectivity index (χ4v) is 4.92. The van der Waals surface area contributed by atoms with Gasteiger partial charge in [-0.3, -0.25) is 0 Å². The highest BCUT2D eigenvalue weighted by Gasteiger charge is 2.35. The standard InChI is InChI=1S/C18H26Cl2FN3O3S/c1-11(2)16-14(19)6-13(7-15(16)20)23-28(21,26)24-9-12(10-24)8-22-17(25)27-18(3,4)5/h6-7,11-12H,8-10H2,1-5H3,(H,22,25). The molecule has 1 aromatic rings. The molecule has 1 aliphatic rings. The van der Waals surface area contributed by atoms with E-state index in [1.807, 2.05) is 13.8 Å². The van der Waals surface area contributed by atoms with E-state index in [1.54, 1.807) is 20.8 Å². The lowest BCUT2D eigenvalue weighted by Crippen LogP contribution is -2.52. The molecule has 28 heavy (non-hydrogen) atoms. The van der Waals surface area contributed by atoms with Crippen molar-refractivity contribution in [3.8, 4) is 0 Å².